The van der Waals surface area contributed by atoms with Crippen LogP contribution in [0, 0.1) is 13.8 Å². The molecule has 0 saturated carbocycles. The monoisotopic (exact) mass is 189 g/mol. The number of hydrogen-bond donors (Lipinski definition) is 1. The molecule has 1 heterocycles. The van der Waals surface area contributed by atoms with E-state index in [0.29, 0.717) is 0 Å². The second kappa shape index (κ2) is 3.74. The number of rotatable bonds is 1. The Balaban J connectivity index is 2.47. The first-order valence-electron chi connectivity index (χ1n) is 5.53. The van der Waals surface area contributed by atoms with Crippen LogP contribution in [0.1, 0.15) is 41.5 Å². The highest BCUT2D eigenvalue weighted by Crippen LogP contribution is 2.28. The topological polar surface area (TPSA) is 12.0 Å². The van der Waals surface area contributed by atoms with Gasteiger partial charge in [0.2, 0.25) is 0 Å². The summed E-state index contributed by atoms with van der Waals surface area (Å²) in [5.74, 6) is 0.720. The number of hydrogen-bond acceptors (Lipinski definition) is 1. The smallest absolute Gasteiger partial charge is 0.0208 e. The molecule has 1 nitrogen and oxygen atoms in total. The summed E-state index contributed by atoms with van der Waals surface area (Å²) < 4.78 is 0. The van der Waals surface area contributed by atoms with Gasteiger partial charge in [0.05, 0.1) is 0 Å². The maximum absolute atomic E-state index is 3.49. The van der Waals surface area contributed by atoms with E-state index in [4.69, 9.17) is 0 Å². The van der Waals surface area contributed by atoms with Crippen molar-refractivity contribution < 1.29 is 0 Å². The van der Waals surface area contributed by atoms with Crippen molar-refractivity contribution in [2.24, 2.45) is 0 Å². The Bertz CT molecular complexity index is 341. The predicted molar refractivity (Wildman–Crippen MR) is 60.7 cm³/mol. The van der Waals surface area contributed by atoms with Crippen molar-refractivity contribution in [3.8, 4) is 0 Å². The van der Waals surface area contributed by atoms with Crippen molar-refractivity contribution in [3.63, 3.8) is 0 Å². The third kappa shape index (κ3) is 1.57. The SMILES string of the molecule is CCC1CNCc2cc(C)c(C)cc21. The number of fused-ring (bicyclic) bond motifs is 1. The molecule has 1 heteroatoms. The van der Waals surface area contributed by atoms with Crippen molar-refractivity contribution in [3.05, 3.63) is 34.4 Å². The zero-order valence-corrected chi connectivity index (χ0v) is 9.35. The van der Waals surface area contributed by atoms with Gasteiger partial charge >= 0.3 is 0 Å². The van der Waals surface area contributed by atoms with Gasteiger partial charge in [0.1, 0.15) is 0 Å². The lowest BCUT2D eigenvalue weighted by Crippen LogP contribution is -2.28. The molecule has 0 spiro atoms. The fourth-order valence-electron chi connectivity index (χ4n) is 2.29. The van der Waals surface area contributed by atoms with Gasteiger partial charge in [-0.05, 0) is 48.4 Å². The third-order valence-electron chi connectivity index (χ3n) is 3.39. The maximum Gasteiger partial charge on any atom is 0.0208 e. The summed E-state index contributed by atoms with van der Waals surface area (Å²) in [7, 11) is 0. The Hall–Kier alpha value is -0.820. The molecule has 0 radical (unpaired) electrons. The van der Waals surface area contributed by atoms with Crippen molar-refractivity contribution in [1.82, 2.24) is 5.32 Å². The van der Waals surface area contributed by atoms with Crippen molar-refractivity contribution in [1.29, 1.82) is 0 Å². The van der Waals surface area contributed by atoms with Crippen molar-refractivity contribution in [2.75, 3.05) is 6.54 Å². The molecule has 0 saturated heterocycles. The maximum atomic E-state index is 3.49. The lowest BCUT2D eigenvalue weighted by Gasteiger charge is -2.26. The first kappa shape index (κ1) is 9.72. The lowest BCUT2D eigenvalue weighted by atomic mass is 9.86. The summed E-state index contributed by atoms with van der Waals surface area (Å²) >= 11 is 0. The summed E-state index contributed by atoms with van der Waals surface area (Å²) in [6.07, 6.45) is 1.24. The Labute approximate surface area is 86.5 Å². The van der Waals surface area contributed by atoms with Gasteiger partial charge in [0.25, 0.3) is 0 Å². The lowest BCUT2D eigenvalue weighted by molar-refractivity contribution is 0.529. The van der Waals surface area contributed by atoms with E-state index in [9.17, 15) is 0 Å². The van der Waals surface area contributed by atoms with Gasteiger partial charge in [-0.25, -0.2) is 0 Å². The molecule has 1 aliphatic rings. The van der Waals surface area contributed by atoms with E-state index in [1.54, 1.807) is 5.56 Å². The Kier molecular flexibility index (Phi) is 2.60. The zero-order valence-electron chi connectivity index (χ0n) is 9.35. The van der Waals surface area contributed by atoms with E-state index in [0.717, 1.165) is 19.0 Å². The molecule has 0 aromatic heterocycles. The Morgan fingerprint density at radius 1 is 1.29 bits per heavy atom. The van der Waals surface area contributed by atoms with Crippen LogP contribution in [-0.4, -0.2) is 6.54 Å². The highest BCUT2D eigenvalue weighted by Gasteiger charge is 2.18. The van der Waals surface area contributed by atoms with Crippen LogP contribution in [0.5, 0.6) is 0 Å². The minimum absolute atomic E-state index is 0.720. The molecule has 1 atom stereocenters. The molecule has 14 heavy (non-hydrogen) atoms. The molecule has 1 unspecified atom stereocenters. The Morgan fingerprint density at radius 2 is 2.00 bits per heavy atom. The van der Waals surface area contributed by atoms with Gasteiger partial charge in [0.15, 0.2) is 0 Å². The van der Waals surface area contributed by atoms with Crippen molar-refractivity contribution in [2.45, 2.75) is 39.7 Å². The van der Waals surface area contributed by atoms with Crippen LogP contribution in [0.3, 0.4) is 0 Å². The van der Waals surface area contributed by atoms with Crippen LogP contribution < -0.4 is 5.32 Å². The predicted octanol–water partition coefficient (Wildman–Crippen LogP) is 2.90. The molecule has 1 aromatic rings. The highest BCUT2D eigenvalue weighted by molar-refractivity contribution is 5.40. The van der Waals surface area contributed by atoms with Gasteiger partial charge in [-0.1, -0.05) is 19.1 Å². The second-order valence-corrected chi connectivity index (χ2v) is 4.37. The number of nitrogens with one attached hydrogen (secondary N) is 1. The third-order valence-corrected chi connectivity index (χ3v) is 3.39. The fraction of sp³-hybridized carbons (Fsp3) is 0.538. The standard InChI is InChI=1S/C13H19N/c1-4-11-7-14-8-12-5-9(2)10(3)6-13(11)12/h5-6,11,14H,4,7-8H2,1-3H3. The van der Waals surface area contributed by atoms with Crippen LogP contribution in [0.4, 0.5) is 0 Å². The quantitative estimate of drug-likeness (QED) is 0.716. The molecule has 76 valence electrons. The zero-order chi connectivity index (χ0) is 10.1. The number of benzene rings is 1. The van der Waals surface area contributed by atoms with E-state index >= 15 is 0 Å². The van der Waals surface area contributed by atoms with Gasteiger partial charge in [-0.3, -0.25) is 0 Å². The number of aryl methyl sites for hydroxylation is 2. The van der Waals surface area contributed by atoms with Crippen LogP contribution in [0.2, 0.25) is 0 Å². The average molecular weight is 189 g/mol. The van der Waals surface area contributed by atoms with Crippen molar-refractivity contribution >= 4 is 0 Å². The van der Waals surface area contributed by atoms with Crippen LogP contribution in [-0.2, 0) is 6.54 Å². The van der Waals surface area contributed by atoms with Crippen LogP contribution in [0.25, 0.3) is 0 Å². The van der Waals surface area contributed by atoms with Gasteiger partial charge in [-0.2, -0.15) is 0 Å². The molecule has 1 aliphatic heterocycles. The fourth-order valence-corrected chi connectivity index (χ4v) is 2.29. The molecule has 0 fully saturated rings. The molecule has 0 amide bonds. The summed E-state index contributed by atoms with van der Waals surface area (Å²) in [4.78, 5) is 0. The molecule has 2 rings (SSSR count). The largest absolute Gasteiger partial charge is 0.312 e. The Morgan fingerprint density at radius 3 is 2.71 bits per heavy atom. The van der Waals surface area contributed by atoms with Gasteiger partial charge in [-0.15, -0.1) is 0 Å². The summed E-state index contributed by atoms with van der Waals surface area (Å²) in [5, 5.41) is 3.49. The van der Waals surface area contributed by atoms with E-state index in [2.05, 4.69) is 38.2 Å². The molecule has 1 N–H and O–H groups in total. The molecule has 0 aliphatic carbocycles. The molecule has 0 bridgehead atoms. The summed E-state index contributed by atoms with van der Waals surface area (Å²) in [6, 6.07) is 4.74. The van der Waals surface area contributed by atoms with Crippen LogP contribution >= 0.6 is 0 Å². The molecule has 1 aromatic carbocycles. The van der Waals surface area contributed by atoms with E-state index in [1.165, 1.54) is 23.1 Å². The first-order valence-corrected chi connectivity index (χ1v) is 5.53. The summed E-state index contributed by atoms with van der Waals surface area (Å²) in [5.41, 5.74) is 5.94. The van der Waals surface area contributed by atoms with E-state index < -0.39 is 0 Å². The van der Waals surface area contributed by atoms with E-state index in [-0.39, 0.29) is 0 Å². The first-order chi connectivity index (χ1) is 6.72. The highest BCUT2D eigenvalue weighted by atomic mass is 14.9. The van der Waals surface area contributed by atoms with E-state index in [1.807, 2.05) is 0 Å². The molecular formula is C13H19N. The van der Waals surface area contributed by atoms with Gasteiger partial charge < -0.3 is 5.32 Å². The molecular weight excluding hydrogens is 170 g/mol. The average Bonchev–Trinajstić information content (AvgIpc) is 2.19. The second-order valence-electron chi connectivity index (χ2n) is 4.37. The summed E-state index contributed by atoms with van der Waals surface area (Å²) in [6.45, 7) is 8.88. The minimum atomic E-state index is 0.720. The van der Waals surface area contributed by atoms with Crippen LogP contribution in [0.15, 0.2) is 12.1 Å². The minimum Gasteiger partial charge on any atom is -0.312 e. The van der Waals surface area contributed by atoms with Gasteiger partial charge in [0, 0.05) is 13.1 Å². The normalized spacial score (nSPS) is 20.6.